The van der Waals surface area contributed by atoms with E-state index < -0.39 is 0 Å². The van der Waals surface area contributed by atoms with Gasteiger partial charge in [0.25, 0.3) is 0 Å². The molecule has 0 fully saturated rings. The molecule has 0 aliphatic rings. The summed E-state index contributed by atoms with van der Waals surface area (Å²) in [6.45, 7) is 0.559. The number of nitriles is 1. The summed E-state index contributed by atoms with van der Waals surface area (Å²) in [6.07, 6.45) is 4.98. The molecule has 0 aliphatic carbocycles. The van der Waals surface area contributed by atoms with Crippen LogP contribution in [0.25, 0.3) is 10.9 Å². The summed E-state index contributed by atoms with van der Waals surface area (Å²) in [6, 6.07) is 9.80. The molecule has 1 aromatic carbocycles. The average molecular weight is 235 g/mol. The summed E-state index contributed by atoms with van der Waals surface area (Å²) in [4.78, 5) is 7.94. The van der Waals surface area contributed by atoms with E-state index in [1.54, 1.807) is 17.1 Å². The first-order valence-electron chi connectivity index (χ1n) is 5.48. The fourth-order valence-corrected chi connectivity index (χ4v) is 1.92. The molecule has 3 aromatic rings. The maximum absolute atomic E-state index is 9.06. The van der Waals surface area contributed by atoms with E-state index in [2.05, 4.69) is 21.1 Å². The third kappa shape index (κ3) is 1.70. The zero-order chi connectivity index (χ0) is 12.4. The molecule has 0 spiro atoms. The molecular weight excluding hydrogens is 226 g/mol. The Morgan fingerprint density at radius 1 is 1.17 bits per heavy atom. The summed E-state index contributed by atoms with van der Waals surface area (Å²) in [5, 5.41) is 14.2. The van der Waals surface area contributed by atoms with Gasteiger partial charge in [-0.2, -0.15) is 10.4 Å². The van der Waals surface area contributed by atoms with Crippen molar-refractivity contribution in [3.8, 4) is 6.07 Å². The molecule has 0 aliphatic heterocycles. The smallest absolute Gasteiger partial charge is 0.170 e. The fraction of sp³-hybridized carbons (Fsp3) is 0.0769. The Kier molecular flexibility index (Phi) is 2.47. The van der Waals surface area contributed by atoms with E-state index in [4.69, 9.17) is 5.26 Å². The molecule has 3 rings (SSSR count). The molecule has 18 heavy (non-hydrogen) atoms. The van der Waals surface area contributed by atoms with Crippen LogP contribution >= 0.6 is 0 Å². The van der Waals surface area contributed by atoms with Gasteiger partial charge in [-0.25, -0.2) is 9.97 Å². The fourth-order valence-electron chi connectivity index (χ4n) is 1.92. The zero-order valence-corrected chi connectivity index (χ0v) is 9.48. The highest BCUT2D eigenvalue weighted by molar-refractivity contribution is 5.84. The van der Waals surface area contributed by atoms with E-state index in [9.17, 15) is 0 Å². The standard InChI is InChI=1S/C13H9N5/c14-5-12-11-3-1-2-4-13(11)18(17-12)8-10-6-15-9-16-7-10/h1-4,6-7,9H,8H2. The first-order valence-corrected chi connectivity index (χ1v) is 5.48. The van der Waals surface area contributed by atoms with E-state index in [-0.39, 0.29) is 0 Å². The van der Waals surface area contributed by atoms with Gasteiger partial charge in [-0.3, -0.25) is 4.68 Å². The first-order chi connectivity index (χ1) is 8.88. The Labute approximate surface area is 103 Å². The number of nitrogens with zero attached hydrogens (tertiary/aromatic N) is 5. The Morgan fingerprint density at radius 3 is 2.72 bits per heavy atom. The van der Waals surface area contributed by atoms with Crippen molar-refractivity contribution >= 4 is 10.9 Å². The van der Waals surface area contributed by atoms with E-state index in [0.29, 0.717) is 12.2 Å². The van der Waals surface area contributed by atoms with Crippen molar-refractivity contribution in [2.75, 3.05) is 0 Å². The molecule has 0 amide bonds. The minimum Gasteiger partial charge on any atom is -0.259 e. The van der Waals surface area contributed by atoms with Crippen molar-refractivity contribution in [2.24, 2.45) is 0 Å². The molecule has 0 N–H and O–H groups in total. The lowest BCUT2D eigenvalue weighted by Gasteiger charge is -2.02. The van der Waals surface area contributed by atoms with Gasteiger partial charge in [0, 0.05) is 23.3 Å². The van der Waals surface area contributed by atoms with Crippen molar-refractivity contribution in [3.63, 3.8) is 0 Å². The van der Waals surface area contributed by atoms with Crippen LogP contribution in [0.5, 0.6) is 0 Å². The van der Waals surface area contributed by atoms with E-state index >= 15 is 0 Å². The number of benzene rings is 1. The van der Waals surface area contributed by atoms with Gasteiger partial charge in [-0.05, 0) is 12.1 Å². The molecule has 0 saturated carbocycles. The molecule has 0 bridgehead atoms. The average Bonchev–Trinajstić information content (AvgIpc) is 2.78. The van der Waals surface area contributed by atoms with Crippen LogP contribution < -0.4 is 0 Å². The number of aromatic nitrogens is 4. The highest BCUT2D eigenvalue weighted by atomic mass is 15.3. The molecule has 0 atom stereocenters. The predicted octanol–water partition coefficient (Wildman–Crippen LogP) is 1.75. The second kappa shape index (κ2) is 4.26. The van der Waals surface area contributed by atoms with Gasteiger partial charge >= 0.3 is 0 Å². The second-order valence-corrected chi connectivity index (χ2v) is 3.88. The van der Waals surface area contributed by atoms with Crippen LogP contribution in [0.4, 0.5) is 0 Å². The van der Waals surface area contributed by atoms with Gasteiger partial charge in [0.05, 0.1) is 12.1 Å². The van der Waals surface area contributed by atoms with Crippen LogP contribution in [0.15, 0.2) is 43.0 Å². The zero-order valence-electron chi connectivity index (χ0n) is 9.48. The maximum Gasteiger partial charge on any atom is 0.170 e. The lowest BCUT2D eigenvalue weighted by Crippen LogP contribution is -2.02. The number of hydrogen-bond acceptors (Lipinski definition) is 4. The summed E-state index contributed by atoms with van der Waals surface area (Å²) in [7, 11) is 0. The van der Waals surface area contributed by atoms with Crippen molar-refractivity contribution in [1.29, 1.82) is 5.26 Å². The number of rotatable bonds is 2. The lowest BCUT2D eigenvalue weighted by atomic mass is 10.2. The van der Waals surface area contributed by atoms with Crippen LogP contribution in [-0.2, 0) is 6.54 Å². The first kappa shape index (κ1) is 10.4. The van der Waals surface area contributed by atoms with Gasteiger partial charge in [0.2, 0.25) is 0 Å². The van der Waals surface area contributed by atoms with Gasteiger partial charge in [-0.1, -0.05) is 12.1 Å². The monoisotopic (exact) mass is 235 g/mol. The number of para-hydroxylation sites is 1. The second-order valence-electron chi connectivity index (χ2n) is 3.88. The van der Waals surface area contributed by atoms with Crippen LogP contribution in [-0.4, -0.2) is 19.7 Å². The number of hydrogen-bond donors (Lipinski definition) is 0. The van der Waals surface area contributed by atoms with Crippen molar-refractivity contribution in [1.82, 2.24) is 19.7 Å². The predicted molar refractivity (Wildman–Crippen MR) is 65.6 cm³/mol. The molecule has 5 nitrogen and oxygen atoms in total. The van der Waals surface area contributed by atoms with Gasteiger partial charge in [-0.15, -0.1) is 0 Å². The maximum atomic E-state index is 9.06. The van der Waals surface area contributed by atoms with Gasteiger partial charge in [0.1, 0.15) is 12.4 Å². The largest absolute Gasteiger partial charge is 0.259 e. The SMILES string of the molecule is N#Cc1nn(Cc2cncnc2)c2ccccc12. The molecule has 5 heteroatoms. The van der Waals surface area contributed by atoms with Crippen molar-refractivity contribution in [3.05, 3.63) is 54.2 Å². The topological polar surface area (TPSA) is 67.4 Å². The molecule has 0 unspecified atom stereocenters. The van der Waals surface area contributed by atoms with Crippen LogP contribution in [0, 0.1) is 11.3 Å². The third-order valence-electron chi connectivity index (χ3n) is 2.71. The highest BCUT2D eigenvalue weighted by Gasteiger charge is 2.09. The highest BCUT2D eigenvalue weighted by Crippen LogP contribution is 2.18. The van der Waals surface area contributed by atoms with E-state index in [0.717, 1.165) is 16.5 Å². The van der Waals surface area contributed by atoms with Gasteiger partial charge in [0.15, 0.2) is 5.69 Å². The van der Waals surface area contributed by atoms with E-state index in [1.807, 2.05) is 24.3 Å². The van der Waals surface area contributed by atoms with E-state index in [1.165, 1.54) is 6.33 Å². The molecule has 0 radical (unpaired) electrons. The minimum absolute atomic E-state index is 0.447. The summed E-state index contributed by atoms with van der Waals surface area (Å²) in [5.74, 6) is 0. The lowest BCUT2D eigenvalue weighted by molar-refractivity contribution is 0.703. The molecule has 2 aromatic heterocycles. The molecule has 2 heterocycles. The summed E-state index contributed by atoms with van der Waals surface area (Å²) >= 11 is 0. The third-order valence-corrected chi connectivity index (χ3v) is 2.71. The summed E-state index contributed by atoms with van der Waals surface area (Å²) < 4.78 is 1.80. The Morgan fingerprint density at radius 2 is 1.94 bits per heavy atom. The number of fused-ring (bicyclic) bond motifs is 1. The quantitative estimate of drug-likeness (QED) is 0.678. The normalized spacial score (nSPS) is 10.4. The Bertz CT molecular complexity index is 724. The minimum atomic E-state index is 0.447. The molecular formula is C13H9N5. The summed E-state index contributed by atoms with van der Waals surface area (Å²) in [5.41, 5.74) is 2.34. The molecule has 0 saturated heterocycles. The van der Waals surface area contributed by atoms with Crippen LogP contribution in [0.3, 0.4) is 0 Å². The van der Waals surface area contributed by atoms with Crippen LogP contribution in [0.1, 0.15) is 11.3 Å². The van der Waals surface area contributed by atoms with Crippen LogP contribution in [0.2, 0.25) is 0 Å². The van der Waals surface area contributed by atoms with Gasteiger partial charge < -0.3 is 0 Å². The molecule has 86 valence electrons. The van der Waals surface area contributed by atoms with Crippen molar-refractivity contribution in [2.45, 2.75) is 6.54 Å². The Hall–Kier alpha value is -2.74. The van der Waals surface area contributed by atoms with Crippen molar-refractivity contribution < 1.29 is 0 Å². The Balaban J connectivity index is 2.11.